The summed E-state index contributed by atoms with van der Waals surface area (Å²) in [6.45, 7) is -0.254. The third-order valence-corrected chi connectivity index (χ3v) is 22.1. The molecule has 3 aromatic carbocycles. The lowest BCUT2D eigenvalue weighted by atomic mass is 9.82. The minimum Gasteiger partial charge on any atom is -0.490 e. The van der Waals surface area contributed by atoms with Gasteiger partial charge in [0.2, 0.25) is 17.4 Å². The second-order valence-electron chi connectivity index (χ2n) is 25.8. The molecule has 3 rings (SSSR count). The Labute approximate surface area is 659 Å². The van der Waals surface area contributed by atoms with E-state index in [0.29, 0.717) is 19.3 Å². The molecule has 648 valence electrons. The van der Waals surface area contributed by atoms with Crippen molar-refractivity contribution in [3.05, 3.63) is 58.7 Å². The second kappa shape index (κ2) is 48.8. The number of Topliss-reactive ketones (excluding diaryl/α,β-unsaturated/α-hetero) is 1. The predicted octanol–water partition coefficient (Wildman–Crippen LogP) is 5.08. The fourth-order valence-corrected chi connectivity index (χ4v) is 14.4. The number of carbonyl (C=O) groups excluding carboxylic acids is 4. The zero-order valence-corrected chi connectivity index (χ0v) is 69.0. The smallest absolute Gasteiger partial charge is 0.268 e. The molecule has 0 aliphatic heterocycles. The number of unbranched alkanes of at least 4 members (excludes halogenated alkanes) is 3. The van der Waals surface area contributed by atoms with Gasteiger partial charge in [0.1, 0.15) is 12.4 Å². The quantitative estimate of drug-likeness (QED) is 0.0199. The summed E-state index contributed by atoms with van der Waals surface area (Å²) >= 11 is 0. The van der Waals surface area contributed by atoms with Crippen LogP contribution in [-0.2, 0) is 97.1 Å². The Hall–Kier alpha value is -6.62. The SMILES string of the molecule is CCCCOc1cc(C(=O)CCCCC(CCCNC(=O)c2cc(COCCCCS(=O)(=O)O)c(OCCS(=O)(=O)O)c(OCCCS(=O)(=O)O)c2)(CCCNC(=O)c2cc(OCCCS(=O)(=O)O)c(OCCCS(=O)(=O)O)c(OCCCS(=O)(=O)O)c2)NC(=O)CCC)cc(OCCCS(=O)(=O)O)c1OCCCS(=O)(=O)O. The molecule has 1 atom stereocenters. The maximum Gasteiger partial charge on any atom is 0.268 e. The molecule has 0 aliphatic rings. The molecule has 40 nitrogen and oxygen atoms in total. The molecular weight excluding hydrogens is 1670 g/mol. The van der Waals surface area contributed by atoms with Gasteiger partial charge in [-0.2, -0.15) is 67.3 Å². The van der Waals surface area contributed by atoms with E-state index in [1.807, 2.05) is 6.92 Å². The van der Waals surface area contributed by atoms with E-state index < -0.39 is 196 Å². The molecule has 0 aliphatic carbocycles. The van der Waals surface area contributed by atoms with Crippen molar-refractivity contribution in [2.45, 2.75) is 154 Å². The summed E-state index contributed by atoms with van der Waals surface area (Å²) in [7, 11) is -35.8. The summed E-state index contributed by atoms with van der Waals surface area (Å²) in [5, 5.41) is 8.69. The zero-order valence-electron chi connectivity index (χ0n) is 62.4. The molecule has 0 saturated heterocycles. The van der Waals surface area contributed by atoms with Gasteiger partial charge < -0.3 is 58.6 Å². The van der Waals surface area contributed by atoms with Crippen molar-refractivity contribution in [1.82, 2.24) is 16.0 Å². The number of carbonyl (C=O) groups is 4. The van der Waals surface area contributed by atoms with Crippen LogP contribution >= 0.6 is 0 Å². The molecule has 11 N–H and O–H groups in total. The summed E-state index contributed by atoms with van der Waals surface area (Å²) in [5.41, 5.74) is -1.56. The number of amides is 3. The topological polar surface area (TPSA) is 622 Å². The van der Waals surface area contributed by atoms with Crippen LogP contribution in [-0.4, -0.2) is 251 Å². The Morgan fingerprint density at radius 1 is 0.327 bits per heavy atom. The maximum atomic E-state index is 14.4. The number of benzene rings is 3. The molecule has 0 aromatic heterocycles. The van der Waals surface area contributed by atoms with Gasteiger partial charge >= 0.3 is 0 Å². The highest BCUT2D eigenvalue weighted by molar-refractivity contribution is 7.87. The second-order valence-corrected chi connectivity index (χ2v) is 38.4. The van der Waals surface area contributed by atoms with Crippen LogP contribution < -0.4 is 53.8 Å². The van der Waals surface area contributed by atoms with Crippen molar-refractivity contribution < 1.29 is 166 Å². The van der Waals surface area contributed by atoms with Gasteiger partial charge in [-0.25, -0.2) is 0 Å². The molecular formula is C65H103N3O37S8. The molecule has 3 aromatic rings. The fourth-order valence-electron chi connectivity index (χ4n) is 10.6. The molecule has 48 heteroatoms. The number of nitrogens with one attached hydrogen (secondary N) is 3. The van der Waals surface area contributed by atoms with Crippen LogP contribution in [0.3, 0.4) is 0 Å². The first-order valence-electron chi connectivity index (χ1n) is 35.7. The van der Waals surface area contributed by atoms with Crippen LogP contribution in [0, 0.1) is 0 Å². The van der Waals surface area contributed by atoms with Crippen molar-refractivity contribution in [3.63, 3.8) is 0 Å². The summed E-state index contributed by atoms with van der Waals surface area (Å²) in [6, 6.07) is 7.39. The third-order valence-electron chi connectivity index (χ3n) is 15.8. The van der Waals surface area contributed by atoms with E-state index in [9.17, 15) is 123 Å². The number of hydrogen-bond acceptors (Lipinski definition) is 29. The average molecular weight is 1780 g/mol. The van der Waals surface area contributed by atoms with Crippen LogP contribution in [0.1, 0.15) is 179 Å². The van der Waals surface area contributed by atoms with Crippen LogP contribution in [0.25, 0.3) is 0 Å². The van der Waals surface area contributed by atoms with Gasteiger partial charge in [-0.05, 0) is 139 Å². The lowest BCUT2D eigenvalue weighted by Crippen LogP contribution is -2.49. The Morgan fingerprint density at radius 2 is 0.655 bits per heavy atom. The fraction of sp³-hybridized carbons (Fsp3) is 0.662. The average Bonchev–Trinajstić information content (AvgIpc) is 0.795. The van der Waals surface area contributed by atoms with Gasteiger partial charge in [-0.15, -0.1) is 0 Å². The number of rotatable bonds is 64. The van der Waals surface area contributed by atoms with E-state index in [0.717, 1.165) is 18.2 Å². The Morgan fingerprint density at radius 3 is 1.03 bits per heavy atom. The number of hydrogen-bond donors (Lipinski definition) is 11. The van der Waals surface area contributed by atoms with Gasteiger partial charge in [-0.1, -0.05) is 26.7 Å². The van der Waals surface area contributed by atoms with Gasteiger partial charge in [0, 0.05) is 60.3 Å². The largest absolute Gasteiger partial charge is 0.490 e. The third kappa shape index (κ3) is 46.6. The molecule has 1 unspecified atom stereocenters. The van der Waals surface area contributed by atoms with Crippen LogP contribution in [0.5, 0.6) is 46.0 Å². The monoisotopic (exact) mass is 1770 g/mol. The van der Waals surface area contributed by atoms with Crippen LogP contribution in [0.4, 0.5) is 0 Å². The van der Waals surface area contributed by atoms with Crippen LogP contribution in [0.2, 0.25) is 0 Å². The molecule has 3 amide bonds. The van der Waals surface area contributed by atoms with Gasteiger partial charge in [-0.3, -0.25) is 55.6 Å². The summed E-state index contributed by atoms with van der Waals surface area (Å²) in [6.07, 6.45) is 0.391. The summed E-state index contributed by atoms with van der Waals surface area (Å²) < 4.78 is 313. The van der Waals surface area contributed by atoms with E-state index >= 15 is 0 Å². The highest BCUT2D eigenvalue weighted by Gasteiger charge is 2.32. The molecule has 0 heterocycles. The van der Waals surface area contributed by atoms with Gasteiger partial charge in [0.15, 0.2) is 40.3 Å². The predicted molar refractivity (Wildman–Crippen MR) is 408 cm³/mol. The van der Waals surface area contributed by atoms with Crippen molar-refractivity contribution in [2.24, 2.45) is 0 Å². The molecule has 0 spiro atoms. The van der Waals surface area contributed by atoms with Gasteiger partial charge in [0.05, 0.1) is 93.1 Å². The first kappa shape index (κ1) is 101. The lowest BCUT2D eigenvalue weighted by Gasteiger charge is -2.36. The van der Waals surface area contributed by atoms with E-state index in [2.05, 4.69) is 16.0 Å². The molecule has 0 radical (unpaired) electrons. The first-order chi connectivity index (χ1) is 52.6. The standard InChI is InChI=1S/C65H103N3O37S8/c1-3-5-26-98-55-43-49(44-56(100-28-13-36-108(79,80)81)61(55)103-31-16-39-111(88,89)90)53(69)19-6-7-20-65(68-59(70)18-4-2,22-11-24-67-64(72)51-46-57(101-29-14-37-109(82,83)84)62(104-32-17-40-112(91,92)93)58(47-51)102-30-15-38-110(85,86)87)21-10-23-66-63(71)50-42-52(48-97-25-8-9-34-106(73,74)75)60(105-33-41-113(94,95)96)54(45-50)99-27-12-35-107(76,77)78/h42-47H,3-41,48H2,1-2H3,(H,66,71)(H,67,72)(H,68,70)(H,73,74,75)(H,76,77,78)(H,79,80,81)(H,82,83,84)(H,85,86,87)(H,88,89,90)(H,91,92,93)(H,94,95,96). The summed E-state index contributed by atoms with van der Waals surface area (Å²) in [5.74, 6) is -10.2. The first-order valence-corrected chi connectivity index (χ1v) is 48.6. The number of ketones is 1. The Kier molecular flexibility index (Phi) is 43.4. The van der Waals surface area contributed by atoms with E-state index in [1.165, 1.54) is 18.2 Å². The molecule has 113 heavy (non-hydrogen) atoms. The van der Waals surface area contributed by atoms with Crippen molar-refractivity contribution in [2.75, 3.05) is 119 Å². The maximum absolute atomic E-state index is 14.4. The normalized spacial score (nSPS) is 13.0. The zero-order chi connectivity index (χ0) is 84.7. The van der Waals surface area contributed by atoms with Crippen molar-refractivity contribution >= 4 is 104 Å². The Bertz CT molecular complexity index is 4470. The van der Waals surface area contributed by atoms with Gasteiger partial charge in [0.25, 0.3) is 92.8 Å². The lowest BCUT2D eigenvalue weighted by molar-refractivity contribution is -0.123. The van der Waals surface area contributed by atoms with Crippen molar-refractivity contribution in [1.29, 1.82) is 0 Å². The molecule has 0 fully saturated rings. The highest BCUT2D eigenvalue weighted by Crippen LogP contribution is 2.42. The Balaban J connectivity index is 2.19. The van der Waals surface area contributed by atoms with E-state index in [-0.39, 0.29) is 217 Å². The van der Waals surface area contributed by atoms with E-state index in [4.69, 9.17) is 42.6 Å². The van der Waals surface area contributed by atoms with Crippen LogP contribution in [0.15, 0.2) is 36.4 Å². The minimum atomic E-state index is -4.62. The van der Waals surface area contributed by atoms with E-state index in [1.54, 1.807) is 6.92 Å². The molecule has 0 saturated carbocycles. The molecule has 0 bridgehead atoms. The number of ether oxygens (including phenoxy) is 9. The summed E-state index contributed by atoms with van der Waals surface area (Å²) in [4.78, 5) is 57.0. The highest BCUT2D eigenvalue weighted by atomic mass is 32.2. The van der Waals surface area contributed by atoms with Crippen molar-refractivity contribution in [3.8, 4) is 46.0 Å². The minimum absolute atomic E-state index is 0.00383.